The molecule has 0 bridgehead atoms. The van der Waals surface area contributed by atoms with Gasteiger partial charge in [-0.25, -0.2) is 4.79 Å². The highest BCUT2D eigenvalue weighted by Gasteiger charge is 2.38. The number of likely N-dealkylation sites (N-methyl/N-ethyl adjacent to an activating group) is 5. The van der Waals surface area contributed by atoms with Crippen molar-refractivity contribution in [1.82, 2.24) is 58.2 Å². The number of nitrogens with zero attached hydrogens (tertiary/aromatic N) is 2. The second-order valence-electron chi connectivity index (χ2n) is 34.8. The average Bonchev–Trinajstić information content (AvgIpc) is 1.81. The fourth-order valence-corrected chi connectivity index (χ4v) is 18.1. The Morgan fingerprint density at radius 1 is 0.380 bits per heavy atom. The van der Waals surface area contributed by atoms with Gasteiger partial charge >= 0.3 is 6.09 Å². The van der Waals surface area contributed by atoms with Crippen LogP contribution in [0.3, 0.4) is 0 Å². The number of furan rings is 5. The molecule has 5 atom stereocenters. The van der Waals surface area contributed by atoms with Crippen LogP contribution in [0.4, 0.5) is 10.5 Å². The molecule has 10 aromatic rings. The van der Waals surface area contributed by atoms with E-state index in [4.69, 9.17) is 48.8 Å². The van der Waals surface area contributed by atoms with Gasteiger partial charge in [-0.05, 0) is 260 Å². The van der Waals surface area contributed by atoms with Crippen molar-refractivity contribution in [3.8, 4) is 68.6 Å². The number of aryl methyl sites for hydroxylation is 1. The van der Waals surface area contributed by atoms with Crippen LogP contribution in [0, 0.1) is 47.8 Å². The van der Waals surface area contributed by atoms with Crippen molar-refractivity contribution in [2.75, 3.05) is 46.7 Å². The van der Waals surface area contributed by atoms with E-state index in [0.717, 1.165) is 157 Å². The smallest absolute Gasteiger partial charge is 0.409 e. The third-order valence-electron chi connectivity index (χ3n) is 25.4. The summed E-state index contributed by atoms with van der Waals surface area (Å²) in [7, 11) is 6.35. The van der Waals surface area contributed by atoms with Gasteiger partial charge in [-0.3, -0.25) is 58.2 Å². The molecule has 726 valence electrons. The molecule has 0 aliphatic heterocycles. The lowest BCUT2D eigenvalue weighted by Crippen LogP contribution is -2.51. The fourth-order valence-electron chi connectivity index (χ4n) is 18.0. The Bertz CT molecular complexity index is 5520. The van der Waals surface area contributed by atoms with Gasteiger partial charge in [0.2, 0.25) is 29.5 Å². The van der Waals surface area contributed by atoms with Crippen molar-refractivity contribution in [2.45, 2.75) is 212 Å². The van der Waals surface area contributed by atoms with Gasteiger partial charge in [0.15, 0.2) is 34.6 Å². The van der Waals surface area contributed by atoms with Crippen molar-refractivity contribution in [1.29, 1.82) is 5.26 Å². The van der Waals surface area contributed by atoms with Crippen LogP contribution in [0.1, 0.15) is 238 Å². The number of rotatable bonds is 29. The zero-order valence-corrected chi connectivity index (χ0v) is 79.5. The molecule has 11 amide bonds. The number of hydrogen-bond donors (Lipinski definition) is 12. The molecule has 0 spiro atoms. The molecule has 5 aliphatic carbocycles. The molecule has 137 heavy (non-hydrogen) atoms. The van der Waals surface area contributed by atoms with Gasteiger partial charge < -0.3 is 85.1 Å². The summed E-state index contributed by atoms with van der Waals surface area (Å²) in [5, 5.41) is 48.2. The molecule has 5 aliphatic rings. The lowest BCUT2D eigenvalue weighted by Gasteiger charge is -2.29. The molecule has 0 unspecified atom stereocenters. The van der Waals surface area contributed by atoms with Crippen LogP contribution in [0.25, 0.3) is 56.7 Å². The van der Waals surface area contributed by atoms with Gasteiger partial charge in [-0.2, -0.15) is 5.26 Å². The summed E-state index contributed by atoms with van der Waals surface area (Å²) in [5.74, 6) is 2.45. The SMILES string of the molecule is CCNC(=O)[C@@H](NC(=O)c1ccc(-c2ccc(C#N)cc2)o1)C1CCCCC1.CCOc1ccc(-c2ccc(C(=O)N[C@H](C(=O)NC)C3CCCCC3)o2)cc1.CNC(=O)[C@@H](NC(=O)c1ccc(-c2ccc(C)cc2)o1)C1CCCCC1.CNC(=O)[C@@H](NC(=O)c1ccc(-c2ccc(Cl)cn2)o1)C1CCCCC1.CNC(=O)[C@@H](NC(=O)c1ccc(-c2ccc(NC(=O)O)cc2)o1)C1CCCCC1. The zero-order valence-electron chi connectivity index (χ0n) is 78.8. The van der Waals surface area contributed by atoms with Crippen molar-refractivity contribution in [3.63, 3.8) is 0 Å². The first-order valence-electron chi connectivity index (χ1n) is 47.6. The Morgan fingerprint density at radius 3 is 0.942 bits per heavy atom. The molecule has 6 heterocycles. The van der Waals surface area contributed by atoms with Crippen LogP contribution in [-0.4, -0.2) is 147 Å². The topological polar surface area (TPSA) is 452 Å². The summed E-state index contributed by atoms with van der Waals surface area (Å²) in [6.07, 6.45) is 26.6. The van der Waals surface area contributed by atoms with Gasteiger partial charge in [0.05, 0.1) is 23.3 Å². The highest BCUT2D eigenvalue weighted by molar-refractivity contribution is 6.30. The summed E-state index contributed by atoms with van der Waals surface area (Å²) in [5.41, 5.74) is 6.02. The molecule has 4 aromatic carbocycles. The van der Waals surface area contributed by atoms with E-state index >= 15 is 0 Å². The fraction of sp³-hybridized carbons (Fsp3) is 0.419. The number of carbonyl (C=O) groups is 11. The van der Waals surface area contributed by atoms with E-state index in [2.05, 4.69) is 69.5 Å². The van der Waals surface area contributed by atoms with Gasteiger partial charge in [0.25, 0.3) is 29.5 Å². The molecule has 12 N–H and O–H groups in total. The summed E-state index contributed by atoms with van der Waals surface area (Å²) in [6, 6.07) is 48.5. The number of halogens is 1. The van der Waals surface area contributed by atoms with Crippen molar-refractivity contribution in [3.05, 3.63) is 221 Å². The minimum absolute atomic E-state index is 0.122. The van der Waals surface area contributed by atoms with Crippen LogP contribution in [0.2, 0.25) is 5.02 Å². The summed E-state index contributed by atoms with van der Waals surface area (Å²) in [4.78, 5) is 140. The van der Waals surface area contributed by atoms with Gasteiger partial charge in [0.1, 0.15) is 64.7 Å². The molecule has 5 fully saturated rings. The van der Waals surface area contributed by atoms with Crippen LogP contribution in [0.5, 0.6) is 5.75 Å². The molecule has 0 radical (unpaired) electrons. The number of benzene rings is 4. The number of nitriles is 1. The zero-order chi connectivity index (χ0) is 97.7. The minimum atomic E-state index is -1.14. The van der Waals surface area contributed by atoms with Gasteiger partial charge in [0, 0.05) is 68.9 Å². The summed E-state index contributed by atoms with van der Waals surface area (Å²) < 4.78 is 33.9. The summed E-state index contributed by atoms with van der Waals surface area (Å²) in [6.45, 7) is 6.97. The number of aromatic nitrogens is 1. The Morgan fingerprint density at radius 2 is 0.664 bits per heavy atom. The quantitative estimate of drug-likeness (QED) is 0.0207. The third kappa shape index (κ3) is 30.2. The molecule has 0 saturated heterocycles. The summed E-state index contributed by atoms with van der Waals surface area (Å²) >= 11 is 5.83. The second-order valence-corrected chi connectivity index (χ2v) is 35.2. The van der Waals surface area contributed by atoms with E-state index in [1.165, 1.54) is 37.4 Å². The van der Waals surface area contributed by atoms with Crippen molar-refractivity contribution < 1.29 is 84.7 Å². The maximum absolute atomic E-state index is 12.7. The lowest BCUT2D eigenvalue weighted by molar-refractivity contribution is -0.125. The maximum atomic E-state index is 12.7. The number of nitrogens with one attached hydrogen (secondary N) is 11. The van der Waals surface area contributed by atoms with Crippen LogP contribution >= 0.6 is 11.6 Å². The first-order chi connectivity index (χ1) is 66.4. The second kappa shape index (κ2) is 52.7. The maximum Gasteiger partial charge on any atom is 0.409 e. The number of amides is 11. The monoisotopic (exact) mass is 1890 g/mol. The predicted octanol–water partition coefficient (Wildman–Crippen LogP) is 18.0. The van der Waals surface area contributed by atoms with Crippen LogP contribution in [-0.2, 0) is 24.0 Å². The lowest BCUT2D eigenvalue weighted by atomic mass is 9.83. The third-order valence-corrected chi connectivity index (χ3v) is 25.6. The van der Waals surface area contributed by atoms with E-state index in [1.54, 1.807) is 150 Å². The van der Waals surface area contributed by atoms with E-state index in [-0.39, 0.29) is 106 Å². The molecule has 5 saturated carbocycles. The minimum Gasteiger partial charge on any atom is -0.494 e. The standard InChI is InChI=1S/C22H25N3O3.C22H28N2O4.C21H25N3O5.C21H26N2O3.C19H22ClN3O3/c1-2-24-22(27)20(17-6-4-3-5-7-17)25-21(26)19-13-12-18(28-19)16-10-8-15(14-23)9-11-16;1-3-27-17-11-9-15(10-12-17)18-13-14-19(28-18)21(25)24-20(22(26)23-2)16-7-5-4-6-8-16;1-22-20(26)18(14-5-3-2-4-6-14)24-19(25)17-12-11-16(29-17)13-7-9-15(10-8-13)23-21(27)28;1-14-8-10-15(11-9-14)17-12-13-18(26-17)20(24)23-19(21(25)22-2)16-6-4-3-5-7-16;1-21-19(25)17(12-5-3-2-4-6-12)23-18(24)16-10-9-15(26-16)14-8-7-13(20)11-22-14/h8-13,17,20H,2-7H2,1H3,(H,24,27)(H,25,26);9-14,16,20H,3-8H2,1-2H3,(H,23,26)(H,24,25);7-12,14,18,23H,2-6H2,1H3,(H,22,26)(H,24,25)(H,27,28);8-13,16,19H,3-7H2,1-2H3,(H,22,25)(H,23,24);7-12,17H,2-6H2,1H3,(H,21,25)(H,23,24)/t2*20-;18-;19-;17-/m00000/s1. The predicted molar refractivity (Wildman–Crippen MR) is 520 cm³/mol. The van der Waals surface area contributed by atoms with Crippen molar-refractivity contribution in [2.24, 2.45) is 29.6 Å². The van der Waals surface area contributed by atoms with E-state index in [0.29, 0.717) is 69.5 Å². The van der Waals surface area contributed by atoms with E-state index in [1.807, 2.05) is 69.3 Å². The molecule has 15 rings (SSSR count). The molecular weight excluding hydrogens is 1770 g/mol. The van der Waals surface area contributed by atoms with Gasteiger partial charge in [-0.15, -0.1) is 0 Å². The first-order valence-corrected chi connectivity index (χ1v) is 48.0. The van der Waals surface area contributed by atoms with E-state index in [9.17, 15) is 52.7 Å². The van der Waals surface area contributed by atoms with Gasteiger partial charge in [-0.1, -0.05) is 138 Å². The van der Waals surface area contributed by atoms with Crippen LogP contribution < -0.4 is 63.2 Å². The normalized spacial score (nSPS) is 15.7. The molecule has 31 nitrogen and oxygen atoms in total. The highest BCUT2D eigenvalue weighted by atomic mass is 35.5. The van der Waals surface area contributed by atoms with Crippen molar-refractivity contribution >= 4 is 82.5 Å². The first kappa shape index (κ1) is 103. The Hall–Kier alpha value is -14.0. The average molecular weight is 1890 g/mol. The number of ether oxygens (including phenoxy) is 1. The highest BCUT2D eigenvalue weighted by Crippen LogP contribution is 2.36. The largest absolute Gasteiger partial charge is 0.494 e. The Labute approximate surface area is 803 Å². The number of carboxylic acid groups (broad SMARTS) is 1. The number of carbonyl (C=O) groups excluding carboxylic acids is 10. The Kier molecular flexibility index (Phi) is 39.8. The number of anilines is 1. The van der Waals surface area contributed by atoms with Crippen LogP contribution in [0.15, 0.2) is 198 Å². The molecule has 6 aromatic heterocycles. The molecular formula is C105H126ClN13O18. The number of hydrogen-bond acceptors (Lipinski definition) is 19. The molecule has 32 heteroatoms. The van der Waals surface area contributed by atoms with E-state index < -0.39 is 48.1 Å². The number of pyridine rings is 1. The Balaban J connectivity index is 0.000000164.